The minimum atomic E-state index is -1.55. The molecule has 10 heteroatoms. The molecule has 4 rings (SSSR count). The van der Waals surface area contributed by atoms with Crippen molar-refractivity contribution >= 4 is 45.9 Å². The number of nitrogens with zero attached hydrogens (tertiary/aromatic N) is 4. The highest BCUT2D eigenvalue weighted by Crippen LogP contribution is 2.30. The second-order valence-corrected chi connectivity index (χ2v) is 10.3. The Morgan fingerprint density at radius 1 is 1.23 bits per heavy atom. The average molecular weight is 500 g/mol. The molecule has 1 aromatic carbocycles. The van der Waals surface area contributed by atoms with Crippen LogP contribution in [0.4, 0.5) is 17.5 Å². The normalized spacial score (nSPS) is 18.5. The number of carbonyl (C=O) groups is 1. The van der Waals surface area contributed by atoms with Gasteiger partial charge in [0.15, 0.2) is 17.2 Å². The van der Waals surface area contributed by atoms with E-state index in [2.05, 4.69) is 34.0 Å². The molecule has 1 aliphatic heterocycles. The largest absolute Gasteiger partial charge is 0.478 e. The van der Waals surface area contributed by atoms with Gasteiger partial charge in [-0.25, -0.2) is 9.78 Å². The summed E-state index contributed by atoms with van der Waals surface area (Å²) in [6.07, 6.45) is 2.78. The SMILES string of the molecule is CC1CC(C)CN(c2ncc(Cl)c(Nc3ccc4c(c3)cc(OC(C)(C)C(=O)O)c(=O)n4C)n2)C1. The van der Waals surface area contributed by atoms with Crippen LogP contribution >= 0.6 is 11.6 Å². The van der Waals surface area contributed by atoms with Crippen molar-refractivity contribution in [1.29, 1.82) is 0 Å². The van der Waals surface area contributed by atoms with Crippen molar-refractivity contribution in [3.05, 3.63) is 45.8 Å². The van der Waals surface area contributed by atoms with Gasteiger partial charge in [-0.3, -0.25) is 4.79 Å². The van der Waals surface area contributed by atoms with E-state index in [1.807, 2.05) is 12.1 Å². The zero-order chi connectivity index (χ0) is 25.5. The standard InChI is InChI=1S/C25H30ClN5O4/c1-14-8-15(2)13-31(12-14)24-27-11-18(26)21(29-24)28-17-6-7-19-16(9-17)10-20(22(32)30(19)5)35-25(3,4)23(33)34/h6-7,9-11,14-15H,8,12-13H2,1-5H3,(H,33,34)(H,27,28,29). The van der Waals surface area contributed by atoms with Crippen LogP contribution in [0.15, 0.2) is 35.3 Å². The number of ether oxygens (including phenoxy) is 1. The lowest BCUT2D eigenvalue weighted by atomic mass is 9.92. The van der Waals surface area contributed by atoms with Crippen molar-refractivity contribution in [3.8, 4) is 5.75 Å². The van der Waals surface area contributed by atoms with E-state index in [-0.39, 0.29) is 5.75 Å². The van der Waals surface area contributed by atoms with Crippen LogP contribution in [-0.4, -0.2) is 44.3 Å². The van der Waals surface area contributed by atoms with Crippen LogP contribution in [0.5, 0.6) is 5.75 Å². The number of aromatic nitrogens is 3. The Bertz CT molecular complexity index is 1330. The van der Waals surface area contributed by atoms with Crippen LogP contribution in [0.25, 0.3) is 10.9 Å². The van der Waals surface area contributed by atoms with E-state index >= 15 is 0 Å². The van der Waals surface area contributed by atoms with Crippen LogP contribution in [0.1, 0.15) is 34.1 Å². The van der Waals surface area contributed by atoms with Crippen molar-refractivity contribution in [2.45, 2.75) is 39.7 Å². The smallest absolute Gasteiger partial charge is 0.347 e. The third-order valence-electron chi connectivity index (χ3n) is 6.22. The number of fused-ring (bicyclic) bond motifs is 1. The van der Waals surface area contributed by atoms with Gasteiger partial charge in [0.2, 0.25) is 5.95 Å². The van der Waals surface area contributed by atoms with Gasteiger partial charge in [0.05, 0.1) is 11.7 Å². The summed E-state index contributed by atoms with van der Waals surface area (Å²) in [4.78, 5) is 35.5. The highest BCUT2D eigenvalue weighted by molar-refractivity contribution is 6.32. The van der Waals surface area contributed by atoms with Crippen molar-refractivity contribution in [1.82, 2.24) is 14.5 Å². The summed E-state index contributed by atoms with van der Waals surface area (Å²) in [5.41, 5.74) is -0.594. The summed E-state index contributed by atoms with van der Waals surface area (Å²) in [5.74, 6) is 1.02. The zero-order valence-corrected chi connectivity index (χ0v) is 21.3. The van der Waals surface area contributed by atoms with E-state index in [9.17, 15) is 14.7 Å². The first-order valence-corrected chi connectivity index (χ1v) is 11.9. The number of rotatable bonds is 6. The molecule has 0 amide bonds. The fourth-order valence-electron chi connectivity index (χ4n) is 4.48. The van der Waals surface area contributed by atoms with E-state index in [1.165, 1.54) is 24.8 Å². The summed E-state index contributed by atoms with van der Waals surface area (Å²) >= 11 is 6.41. The number of hydrogen-bond donors (Lipinski definition) is 2. The molecule has 186 valence electrons. The second-order valence-electron chi connectivity index (χ2n) is 9.91. The fraction of sp³-hybridized carbons (Fsp3) is 0.440. The van der Waals surface area contributed by atoms with Gasteiger partial charge < -0.3 is 24.6 Å². The Balaban J connectivity index is 1.66. The number of pyridine rings is 1. The van der Waals surface area contributed by atoms with Crippen molar-refractivity contribution < 1.29 is 14.6 Å². The number of nitrogens with one attached hydrogen (secondary N) is 1. The summed E-state index contributed by atoms with van der Waals surface area (Å²) < 4.78 is 6.99. The quantitative estimate of drug-likeness (QED) is 0.512. The number of benzene rings is 1. The van der Waals surface area contributed by atoms with E-state index in [1.54, 1.807) is 25.4 Å². The van der Waals surface area contributed by atoms with E-state index in [4.69, 9.17) is 16.3 Å². The molecule has 2 atom stereocenters. The number of aryl methyl sites for hydroxylation is 1. The molecule has 0 radical (unpaired) electrons. The number of aliphatic carboxylic acids is 1. The molecule has 0 saturated carbocycles. The van der Waals surface area contributed by atoms with Crippen LogP contribution in [0, 0.1) is 11.8 Å². The Labute approximate surface area is 208 Å². The highest BCUT2D eigenvalue weighted by Gasteiger charge is 2.31. The molecule has 3 heterocycles. The molecule has 35 heavy (non-hydrogen) atoms. The molecule has 1 aliphatic rings. The molecule has 1 fully saturated rings. The van der Waals surface area contributed by atoms with Crippen molar-refractivity contribution in [3.63, 3.8) is 0 Å². The Kier molecular flexibility index (Phi) is 6.64. The highest BCUT2D eigenvalue weighted by atomic mass is 35.5. The van der Waals surface area contributed by atoms with Crippen LogP contribution in [0.2, 0.25) is 5.02 Å². The number of hydrogen-bond acceptors (Lipinski definition) is 7. The van der Waals surface area contributed by atoms with Gasteiger partial charge >= 0.3 is 5.97 Å². The Hall–Kier alpha value is -3.33. The zero-order valence-electron chi connectivity index (χ0n) is 20.5. The molecule has 2 aromatic heterocycles. The molecule has 9 nitrogen and oxygen atoms in total. The monoisotopic (exact) mass is 499 g/mol. The predicted octanol–water partition coefficient (Wildman–Crippen LogP) is 4.45. The van der Waals surface area contributed by atoms with Crippen LogP contribution in [0.3, 0.4) is 0 Å². The number of anilines is 3. The van der Waals surface area contributed by atoms with Crippen molar-refractivity contribution in [2.75, 3.05) is 23.3 Å². The maximum atomic E-state index is 12.7. The summed E-state index contributed by atoms with van der Waals surface area (Å²) in [6.45, 7) is 9.05. The van der Waals surface area contributed by atoms with Gasteiger partial charge in [-0.15, -0.1) is 0 Å². The Morgan fingerprint density at radius 3 is 2.57 bits per heavy atom. The van der Waals surface area contributed by atoms with E-state index in [0.29, 0.717) is 45.2 Å². The van der Waals surface area contributed by atoms with Gasteiger partial charge in [-0.2, -0.15) is 4.98 Å². The summed E-state index contributed by atoms with van der Waals surface area (Å²) in [5, 5.41) is 13.7. The lowest BCUT2D eigenvalue weighted by Crippen LogP contribution is -2.39. The number of halogens is 1. The van der Waals surface area contributed by atoms with Crippen molar-refractivity contribution in [2.24, 2.45) is 18.9 Å². The van der Waals surface area contributed by atoms with Gasteiger partial charge in [0, 0.05) is 31.2 Å². The third kappa shape index (κ3) is 5.19. The van der Waals surface area contributed by atoms with E-state index < -0.39 is 17.1 Å². The average Bonchev–Trinajstić information content (AvgIpc) is 2.77. The lowest BCUT2D eigenvalue weighted by Gasteiger charge is -2.35. The first kappa shape index (κ1) is 24.8. The first-order chi connectivity index (χ1) is 16.4. The maximum absolute atomic E-state index is 12.7. The number of piperidine rings is 1. The molecule has 2 N–H and O–H groups in total. The molecule has 0 spiro atoms. The molecule has 0 bridgehead atoms. The molecule has 3 aromatic rings. The minimum absolute atomic E-state index is 0.0414. The molecular weight excluding hydrogens is 470 g/mol. The maximum Gasteiger partial charge on any atom is 0.347 e. The Morgan fingerprint density at radius 2 is 1.91 bits per heavy atom. The summed E-state index contributed by atoms with van der Waals surface area (Å²) in [7, 11) is 1.62. The molecular formula is C25H30ClN5O4. The van der Waals surface area contributed by atoms with Gasteiger partial charge in [0.25, 0.3) is 5.56 Å². The fourth-order valence-corrected chi connectivity index (χ4v) is 4.62. The molecule has 2 unspecified atom stereocenters. The van der Waals surface area contributed by atoms with Gasteiger partial charge in [-0.1, -0.05) is 25.4 Å². The second kappa shape index (κ2) is 9.37. The topological polar surface area (TPSA) is 110 Å². The lowest BCUT2D eigenvalue weighted by molar-refractivity contribution is -0.152. The number of carboxylic acid groups (broad SMARTS) is 1. The van der Waals surface area contributed by atoms with E-state index in [0.717, 1.165) is 13.1 Å². The predicted molar refractivity (Wildman–Crippen MR) is 137 cm³/mol. The first-order valence-electron chi connectivity index (χ1n) is 11.6. The van der Waals surface area contributed by atoms with Crippen LogP contribution in [-0.2, 0) is 11.8 Å². The third-order valence-corrected chi connectivity index (χ3v) is 6.49. The molecule has 0 aliphatic carbocycles. The van der Waals surface area contributed by atoms with Gasteiger partial charge in [-0.05, 0) is 56.4 Å². The number of carboxylic acids is 1. The van der Waals surface area contributed by atoms with Gasteiger partial charge in [0.1, 0.15) is 5.02 Å². The molecule has 1 saturated heterocycles. The minimum Gasteiger partial charge on any atom is -0.478 e. The van der Waals surface area contributed by atoms with Crippen LogP contribution < -0.4 is 20.5 Å². The summed E-state index contributed by atoms with van der Waals surface area (Å²) in [6, 6.07) is 7.01.